The lowest BCUT2D eigenvalue weighted by Crippen LogP contribution is -2.57. The number of nitrogens with one attached hydrogen (secondary N) is 2. The van der Waals surface area contributed by atoms with Crippen LogP contribution in [0.2, 0.25) is 0 Å². The number of carbonyl (C=O) groups excluding carboxylic acids is 3. The third kappa shape index (κ3) is 4.48. The van der Waals surface area contributed by atoms with Crippen LogP contribution in [0.15, 0.2) is 24.3 Å². The highest BCUT2D eigenvalue weighted by molar-refractivity contribution is 5.94. The van der Waals surface area contributed by atoms with E-state index < -0.39 is 24.1 Å². The van der Waals surface area contributed by atoms with Crippen molar-refractivity contribution < 1.29 is 29.0 Å². The first-order chi connectivity index (χ1) is 14.5. The Morgan fingerprint density at radius 1 is 1.23 bits per heavy atom. The van der Waals surface area contributed by atoms with Crippen molar-refractivity contribution in [1.82, 2.24) is 15.5 Å². The summed E-state index contributed by atoms with van der Waals surface area (Å²) in [5, 5.41) is 15.6. The fraction of sp³-hybridized carbons (Fsp3) is 0.571. The minimum absolute atomic E-state index is 0.00881. The molecule has 0 bridgehead atoms. The molecule has 3 saturated heterocycles. The molecule has 9 nitrogen and oxygen atoms in total. The van der Waals surface area contributed by atoms with Crippen LogP contribution >= 0.6 is 0 Å². The van der Waals surface area contributed by atoms with Crippen LogP contribution in [-0.2, 0) is 25.5 Å². The zero-order valence-electron chi connectivity index (χ0n) is 16.7. The highest BCUT2D eigenvalue weighted by atomic mass is 16.5. The molecule has 9 heteroatoms. The van der Waals surface area contributed by atoms with Gasteiger partial charge >= 0.3 is 6.03 Å². The predicted molar refractivity (Wildman–Crippen MR) is 106 cm³/mol. The molecule has 0 radical (unpaired) electrons. The summed E-state index contributed by atoms with van der Waals surface area (Å²) in [6.07, 6.45) is 0.346. The monoisotopic (exact) mass is 417 g/mol. The first-order valence-electron chi connectivity index (χ1n) is 10.4. The average molecular weight is 417 g/mol. The number of morpholine rings is 1. The number of nitrogens with zero attached hydrogens (tertiary/aromatic N) is 1. The third-order valence-corrected chi connectivity index (χ3v) is 5.99. The van der Waals surface area contributed by atoms with Gasteiger partial charge in [-0.1, -0.05) is 12.1 Å². The van der Waals surface area contributed by atoms with E-state index >= 15 is 0 Å². The normalized spacial score (nSPS) is 27.4. The maximum absolute atomic E-state index is 13.5. The Hall–Kier alpha value is -2.49. The minimum Gasteiger partial charge on any atom is -0.508 e. The number of hydrogen-bond acceptors (Lipinski definition) is 7. The number of amides is 2. The van der Waals surface area contributed by atoms with E-state index in [0.717, 1.165) is 5.56 Å². The van der Waals surface area contributed by atoms with E-state index in [4.69, 9.17) is 9.47 Å². The molecule has 2 amide bonds. The smallest absolute Gasteiger partial charge is 0.318 e. The molecule has 4 atom stereocenters. The molecule has 3 fully saturated rings. The average Bonchev–Trinajstić information content (AvgIpc) is 3.16. The van der Waals surface area contributed by atoms with Crippen molar-refractivity contribution in [3.63, 3.8) is 0 Å². The molecular formula is C21H27N3O6. The molecule has 4 rings (SSSR count). The number of piperidine rings is 1. The van der Waals surface area contributed by atoms with Crippen molar-refractivity contribution in [2.24, 2.45) is 5.92 Å². The maximum atomic E-state index is 13.5. The number of hydrogen-bond donors (Lipinski definition) is 3. The van der Waals surface area contributed by atoms with Crippen LogP contribution in [-0.4, -0.2) is 85.2 Å². The minimum atomic E-state index is -0.757. The third-order valence-electron chi connectivity index (χ3n) is 5.99. The largest absolute Gasteiger partial charge is 0.508 e. The van der Waals surface area contributed by atoms with Crippen molar-refractivity contribution in [2.45, 2.75) is 31.0 Å². The van der Waals surface area contributed by atoms with Crippen molar-refractivity contribution in [3.8, 4) is 5.75 Å². The number of urea groups is 1. The number of aromatic hydroxyl groups is 1. The Balaban J connectivity index is 1.52. The summed E-state index contributed by atoms with van der Waals surface area (Å²) in [6, 6.07) is 5.06. The Kier molecular flexibility index (Phi) is 6.31. The molecule has 1 aromatic carbocycles. The summed E-state index contributed by atoms with van der Waals surface area (Å²) in [7, 11) is 0. The van der Waals surface area contributed by atoms with Gasteiger partial charge in [-0.25, -0.2) is 4.79 Å². The quantitative estimate of drug-likeness (QED) is 0.610. The summed E-state index contributed by atoms with van der Waals surface area (Å²) >= 11 is 0. The number of carbonyl (C=O) groups is 3. The fourth-order valence-electron chi connectivity index (χ4n) is 4.34. The Labute approximate surface area is 174 Å². The molecule has 1 aromatic rings. The van der Waals surface area contributed by atoms with Crippen molar-refractivity contribution in [3.05, 3.63) is 29.8 Å². The number of fused-ring (bicyclic) bond motifs is 1. The number of benzene rings is 1. The molecule has 0 spiro atoms. The van der Waals surface area contributed by atoms with Crippen molar-refractivity contribution in [1.29, 1.82) is 0 Å². The van der Waals surface area contributed by atoms with E-state index in [9.17, 15) is 19.5 Å². The first kappa shape index (κ1) is 20.8. The highest BCUT2D eigenvalue weighted by Crippen LogP contribution is 2.28. The number of phenolic OH excluding ortho intramolecular Hbond substituents is 1. The van der Waals surface area contributed by atoms with Crippen molar-refractivity contribution >= 4 is 17.6 Å². The zero-order chi connectivity index (χ0) is 21.1. The summed E-state index contributed by atoms with van der Waals surface area (Å²) in [6.45, 7) is 2.45. The number of phenols is 1. The van der Waals surface area contributed by atoms with Gasteiger partial charge in [0, 0.05) is 19.0 Å². The standard InChI is InChI=1S/C21H27N3O6/c25-14-3-1-13(2-4-14)11-16(23-21(28)24-7-9-29-10-8-24)19(27)15-5-6-22-18-17(26)12-30-20(15)18/h1-4,15-16,18,20,22,25H,5-12H2,(H,23,28)/t15?,16-,18?,20?/m0/s1. The van der Waals surface area contributed by atoms with Gasteiger partial charge in [0.1, 0.15) is 12.4 Å². The lowest BCUT2D eigenvalue weighted by atomic mass is 9.82. The maximum Gasteiger partial charge on any atom is 0.318 e. The SMILES string of the molecule is O=C1COC2C(C(=O)[C@H](Cc3ccc(O)cc3)NC(=O)N3CCOCC3)CCNC12. The summed E-state index contributed by atoms with van der Waals surface area (Å²) in [5.74, 6) is -0.492. The molecule has 3 N–H and O–H groups in total. The lowest BCUT2D eigenvalue weighted by molar-refractivity contribution is -0.130. The molecule has 3 heterocycles. The fourth-order valence-corrected chi connectivity index (χ4v) is 4.34. The molecule has 3 aliphatic heterocycles. The van der Waals surface area contributed by atoms with E-state index in [0.29, 0.717) is 45.7 Å². The second-order valence-electron chi connectivity index (χ2n) is 7.94. The zero-order valence-corrected chi connectivity index (χ0v) is 16.7. The molecule has 0 aliphatic carbocycles. The van der Waals surface area contributed by atoms with Gasteiger partial charge in [0.05, 0.1) is 31.4 Å². The highest BCUT2D eigenvalue weighted by Gasteiger charge is 2.47. The number of rotatable bonds is 5. The molecular weight excluding hydrogens is 390 g/mol. The van der Waals surface area contributed by atoms with Crippen LogP contribution in [0.5, 0.6) is 5.75 Å². The van der Waals surface area contributed by atoms with Crippen LogP contribution in [0.25, 0.3) is 0 Å². The second-order valence-corrected chi connectivity index (χ2v) is 7.94. The summed E-state index contributed by atoms with van der Waals surface area (Å²) < 4.78 is 10.9. The Morgan fingerprint density at radius 3 is 2.70 bits per heavy atom. The molecule has 3 aliphatic rings. The van der Waals surface area contributed by atoms with Crippen LogP contribution < -0.4 is 10.6 Å². The van der Waals surface area contributed by atoms with Gasteiger partial charge < -0.3 is 30.1 Å². The van der Waals surface area contributed by atoms with Crippen LogP contribution in [0, 0.1) is 5.92 Å². The molecule has 3 unspecified atom stereocenters. The van der Waals surface area contributed by atoms with E-state index in [1.54, 1.807) is 29.2 Å². The summed E-state index contributed by atoms with van der Waals surface area (Å²) in [4.78, 5) is 40.0. The van der Waals surface area contributed by atoms with Crippen LogP contribution in [0.3, 0.4) is 0 Å². The van der Waals surface area contributed by atoms with Crippen molar-refractivity contribution in [2.75, 3.05) is 39.5 Å². The second kappa shape index (κ2) is 9.11. The number of ether oxygens (including phenoxy) is 2. The van der Waals surface area contributed by atoms with E-state index in [1.807, 2.05) is 0 Å². The molecule has 0 saturated carbocycles. The van der Waals surface area contributed by atoms with Gasteiger partial charge in [0.15, 0.2) is 11.6 Å². The molecule has 30 heavy (non-hydrogen) atoms. The van der Waals surface area contributed by atoms with Gasteiger partial charge in [0.25, 0.3) is 0 Å². The Morgan fingerprint density at radius 2 is 1.97 bits per heavy atom. The predicted octanol–water partition coefficient (Wildman–Crippen LogP) is -0.140. The van der Waals surface area contributed by atoms with E-state index in [1.165, 1.54) is 0 Å². The topological polar surface area (TPSA) is 117 Å². The van der Waals surface area contributed by atoms with E-state index in [-0.39, 0.29) is 30.0 Å². The van der Waals surface area contributed by atoms with Gasteiger partial charge in [-0.3, -0.25) is 9.59 Å². The van der Waals surface area contributed by atoms with Crippen LogP contribution in [0.1, 0.15) is 12.0 Å². The number of Topliss-reactive ketones (excluding diaryl/α,β-unsaturated/α-hetero) is 2. The molecule has 0 aromatic heterocycles. The van der Waals surface area contributed by atoms with Gasteiger partial charge in [-0.15, -0.1) is 0 Å². The number of ketones is 2. The van der Waals surface area contributed by atoms with Gasteiger partial charge in [-0.2, -0.15) is 0 Å². The van der Waals surface area contributed by atoms with Crippen LogP contribution in [0.4, 0.5) is 4.79 Å². The summed E-state index contributed by atoms with van der Waals surface area (Å²) in [5.41, 5.74) is 0.822. The van der Waals surface area contributed by atoms with Gasteiger partial charge in [-0.05, 0) is 37.1 Å². The first-order valence-corrected chi connectivity index (χ1v) is 10.4. The van der Waals surface area contributed by atoms with E-state index in [2.05, 4.69) is 10.6 Å². The Bertz CT molecular complexity index is 792. The molecule has 162 valence electrons. The lowest BCUT2D eigenvalue weighted by Gasteiger charge is -2.35. The van der Waals surface area contributed by atoms with Gasteiger partial charge in [0.2, 0.25) is 0 Å².